The first-order chi connectivity index (χ1) is 11.9. The van der Waals surface area contributed by atoms with E-state index in [-0.39, 0.29) is 23.4 Å². The van der Waals surface area contributed by atoms with Crippen LogP contribution in [0.1, 0.15) is 6.42 Å². The summed E-state index contributed by atoms with van der Waals surface area (Å²) in [5.41, 5.74) is 1.09. The lowest BCUT2D eigenvalue weighted by molar-refractivity contribution is -0.117. The van der Waals surface area contributed by atoms with E-state index in [1.807, 2.05) is 0 Å². The predicted molar refractivity (Wildman–Crippen MR) is 95.8 cm³/mol. The molecule has 3 rings (SSSR count). The van der Waals surface area contributed by atoms with Crippen molar-refractivity contribution < 1.29 is 14.0 Å². The van der Waals surface area contributed by atoms with Gasteiger partial charge in [0.05, 0.1) is 11.1 Å². The zero-order valence-corrected chi connectivity index (χ0v) is 14.4. The van der Waals surface area contributed by atoms with Crippen LogP contribution < -0.4 is 15.5 Å². The summed E-state index contributed by atoms with van der Waals surface area (Å²) in [6.07, 6.45) is 0.195. The second-order valence-corrected chi connectivity index (χ2v) is 6.45. The molecule has 2 N–H and O–H groups in total. The van der Waals surface area contributed by atoms with Gasteiger partial charge in [0.2, 0.25) is 5.91 Å². The fourth-order valence-electron chi connectivity index (χ4n) is 2.60. The number of anilines is 2. The number of halogens is 3. The Morgan fingerprint density at radius 1 is 1.16 bits per heavy atom. The van der Waals surface area contributed by atoms with E-state index in [1.165, 1.54) is 18.2 Å². The Morgan fingerprint density at radius 3 is 2.56 bits per heavy atom. The number of nitrogens with zero attached hydrogens (tertiary/aromatic N) is 1. The smallest absolute Gasteiger partial charge is 0.319 e. The summed E-state index contributed by atoms with van der Waals surface area (Å²) in [6, 6.07) is 9.98. The molecule has 3 amide bonds. The van der Waals surface area contributed by atoms with Crippen molar-refractivity contribution >= 4 is 46.5 Å². The number of benzene rings is 2. The monoisotopic (exact) mass is 381 g/mol. The number of urea groups is 1. The van der Waals surface area contributed by atoms with E-state index in [0.717, 1.165) is 5.69 Å². The molecule has 1 heterocycles. The summed E-state index contributed by atoms with van der Waals surface area (Å²) < 4.78 is 13.1. The van der Waals surface area contributed by atoms with Gasteiger partial charge in [-0.3, -0.25) is 4.79 Å². The number of rotatable bonds is 3. The summed E-state index contributed by atoms with van der Waals surface area (Å²) in [4.78, 5) is 25.8. The fraction of sp³-hybridized carbons (Fsp3) is 0.176. The first-order valence-corrected chi connectivity index (χ1v) is 8.26. The van der Waals surface area contributed by atoms with E-state index in [4.69, 9.17) is 23.2 Å². The quantitative estimate of drug-likeness (QED) is 0.841. The Balaban J connectivity index is 1.60. The van der Waals surface area contributed by atoms with Crippen LogP contribution in [0.4, 0.5) is 20.6 Å². The van der Waals surface area contributed by atoms with Crippen molar-refractivity contribution in [2.24, 2.45) is 0 Å². The maximum absolute atomic E-state index is 13.1. The maximum Gasteiger partial charge on any atom is 0.319 e. The van der Waals surface area contributed by atoms with Crippen LogP contribution in [-0.4, -0.2) is 24.5 Å². The summed E-state index contributed by atoms with van der Waals surface area (Å²) in [5.74, 6) is -0.648. The van der Waals surface area contributed by atoms with E-state index >= 15 is 0 Å². The molecule has 8 heteroatoms. The van der Waals surface area contributed by atoms with Crippen LogP contribution in [-0.2, 0) is 4.79 Å². The molecule has 1 atom stereocenters. The lowest BCUT2D eigenvalue weighted by Crippen LogP contribution is -2.39. The molecule has 0 saturated carbocycles. The number of amides is 3. The van der Waals surface area contributed by atoms with Crippen LogP contribution in [0.3, 0.4) is 0 Å². The first-order valence-electron chi connectivity index (χ1n) is 7.51. The van der Waals surface area contributed by atoms with E-state index < -0.39 is 11.8 Å². The molecular formula is C17H14Cl2FN3O2. The molecule has 1 aliphatic rings. The molecule has 1 aliphatic heterocycles. The zero-order chi connectivity index (χ0) is 18.0. The first kappa shape index (κ1) is 17.5. The van der Waals surface area contributed by atoms with Crippen molar-refractivity contribution in [2.75, 3.05) is 16.8 Å². The molecule has 1 fully saturated rings. The number of hydrogen-bond acceptors (Lipinski definition) is 2. The van der Waals surface area contributed by atoms with Crippen LogP contribution in [0, 0.1) is 5.82 Å². The number of carbonyl (C=O) groups excluding carboxylic acids is 2. The van der Waals surface area contributed by atoms with E-state index in [9.17, 15) is 14.0 Å². The molecule has 25 heavy (non-hydrogen) atoms. The molecule has 0 bridgehead atoms. The molecular weight excluding hydrogens is 368 g/mol. The molecule has 0 unspecified atom stereocenters. The van der Waals surface area contributed by atoms with E-state index in [0.29, 0.717) is 17.3 Å². The molecule has 0 aromatic heterocycles. The van der Waals surface area contributed by atoms with Gasteiger partial charge in [-0.1, -0.05) is 23.2 Å². The van der Waals surface area contributed by atoms with Gasteiger partial charge in [-0.25, -0.2) is 9.18 Å². The van der Waals surface area contributed by atoms with Gasteiger partial charge in [0.25, 0.3) is 0 Å². The minimum Gasteiger partial charge on any atom is -0.333 e. The second kappa shape index (κ2) is 7.29. The highest BCUT2D eigenvalue weighted by Gasteiger charge is 2.31. The molecule has 0 aliphatic carbocycles. The second-order valence-electron chi connectivity index (χ2n) is 5.61. The Labute approximate surface area is 153 Å². The van der Waals surface area contributed by atoms with Crippen molar-refractivity contribution in [3.05, 3.63) is 58.3 Å². The van der Waals surface area contributed by atoms with Crippen LogP contribution in [0.15, 0.2) is 42.5 Å². The summed E-state index contributed by atoms with van der Waals surface area (Å²) in [5, 5.41) is 5.80. The third-order valence-electron chi connectivity index (χ3n) is 3.78. The van der Waals surface area contributed by atoms with Crippen LogP contribution in [0.5, 0.6) is 0 Å². The van der Waals surface area contributed by atoms with Gasteiger partial charge in [0.15, 0.2) is 0 Å². The largest absolute Gasteiger partial charge is 0.333 e. The van der Waals surface area contributed by atoms with E-state index in [1.54, 1.807) is 29.2 Å². The van der Waals surface area contributed by atoms with Crippen molar-refractivity contribution in [3.63, 3.8) is 0 Å². The summed E-state index contributed by atoms with van der Waals surface area (Å²) in [6.45, 7) is 0.359. The van der Waals surface area contributed by atoms with Crippen molar-refractivity contribution in [3.8, 4) is 0 Å². The minimum absolute atomic E-state index is 0.0808. The zero-order valence-electron chi connectivity index (χ0n) is 12.9. The number of carbonyl (C=O) groups is 2. The average Bonchev–Trinajstić information content (AvgIpc) is 2.92. The van der Waals surface area contributed by atoms with Gasteiger partial charge < -0.3 is 15.5 Å². The van der Waals surface area contributed by atoms with Crippen LogP contribution in [0.25, 0.3) is 0 Å². The van der Waals surface area contributed by atoms with Crippen LogP contribution >= 0.6 is 23.2 Å². The normalized spacial score (nSPS) is 16.8. The average molecular weight is 382 g/mol. The van der Waals surface area contributed by atoms with Crippen LogP contribution in [0.2, 0.25) is 10.0 Å². The van der Waals surface area contributed by atoms with Gasteiger partial charge >= 0.3 is 6.03 Å². The Bertz CT molecular complexity index is 814. The minimum atomic E-state index is -0.562. The molecule has 5 nitrogen and oxygen atoms in total. The van der Waals surface area contributed by atoms with Gasteiger partial charge in [-0.15, -0.1) is 0 Å². The summed E-state index contributed by atoms with van der Waals surface area (Å²) >= 11 is 11.5. The summed E-state index contributed by atoms with van der Waals surface area (Å²) in [7, 11) is 0. The highest BCUT2D eigenvalue weighted by atomic mass is 35.5. The van der Waals surface area contributed by atoms with Gasteiger partial charge in [0.1, 0.15) is 5.82 Å². The van der Waals surface area contributed by atoms with Gasteiger partial charge in [-0.05, 0) is 42.5 Å². The molecule has 1 saturated heterocycles. The van der Waals surface area contributed by atoms with Crippen molar-refractivity contribution in [1.82, 2.24) is 5.32 Å². The van der Waals surface area contributed by atoms with Gasteiger partial charge in [0, 0.05) is 29.4 Å². The molecule has 2 aromatic rings. The topological polar surface area (TPSA) is 61.4 Å². The molecule has 0 spiro atoms. The van der Waals surface area contributed by atoms with Gasteiger partial charge in [-0.2, -0.15) is 0 Å². The highest BCUT2D eigenvalue weighted by molar-refractivity contribution is 6.31. The Morgan fingerprint density at radius 2 is 1.88 bits per heavy atom. The molecule has 0 radical (unpaired) electrons. The molecule has 130 valence electrons. The number of hydrogen-bond donors (Lipinski definition) is 2. The maximum atomic E-state index is 13.1. The lowest BCUT2D eigenvalue weighted by Gasteiger charge is -2.17. The van der Waals surface area contributed by atoms with Crippen molar-refractivity contribution in [2.45, 2.75) is 12.5 Å². The van der Waals surface area contributed by atoms with E-state index in [2.05, 4.69) is 10.6 Å². The Hall–Kier alpha value is -2.31. The SMILES string of the molecule is O=C(Nc1ccc(F)c(Cl)c1)N[C@H]1CC(=O)N(c2ccc(Cl)cc2)C1. The standard InChI is InChI=1S/C17H14Cl2FN3O2/c18-10-1-4-13(5-2-10)23-9-12(8-16(23)24)22-17(25)21-11-3-6-15(20)14(19)7-11/h1-7,12H,8-9H2,(H2,21,22,25)/t12-/m0/s1. The fourth-order valence-corrected chi connectivity index (χ4v) is 2.91. The lowest BCUT2D eigenvalue weighted by atomic mass is 10.2. The Kier molecular flexibility index (Phi) is 5.11. The molecule has 2 aromatic carbocycles. The highest BCUT2D eigenvalue weighted by Crippen LogP contribution is 2.24. The van der Waals surface area contributed by atoms with Crippen molar-refractivity contribution in [1.29, 1.82) is 0 Å². The number of nitrogens with one attached hydrogen (secondary N) is 2. The third-order valence-corrected chi connectivity index (χ3v) is 4.32. The predicted octanol–water partition coefficient (Wildman–Crippen LogP) is 4.06. The third kappa shape index (κ3) is 4.21.